The molecule has 2 aromatic carbocycles. The fourth-order valence-electron chi connectivity index (χ4n) is 2.52. The maximum atomic E-state index is 11.1. The van der Waals surface area contributed by atoms with E-state index in [9.17, 15) is 19.2 Å². The number of hydrogen-bond donors (Lipinski definition) is 8. The molecule has 0 radical (unpaired) electrons. The second-order valence-corrected chi connectivity index (χ2v) is 8.94. The number of carbonyl (C=O) groups excluding carboxylic acids is 4. The summed E-state index contributed by atoms with van der Waals surface area (Å²) >= 11 is 18.0. The van der Waals surface area contributed by atoms with Gasteiger partial charge in [0, 0.05) is 0 Å². The van der Waals surface area contributed by atoms with Crippen molar-refractivity contribution in [1.29, 1.82) is 0 Å². The van der Waals surface area contributed by atoms with Gasteiger partial charge < -0.3 is 29.6 Å². The summed E-state index contributed by atoms with van der Waals surface area (Å²) in [5, 5.41) is 15.0. The Kier molecular flexibility index (Phi) is 17.2. The molecule has 0 aliphatic heterocycles. The average Bonchev–Trinajstić information content (AvgIpc) is 2.98. The minimum absolute atomic E-state index is 0.0242. The molecule has 0 fully saturated rings. The van der Waals surface area contributed by atoms with Crippen molar-refractivity contribution in [2.75, 3.05) is 39.1 Å². The lowest BCUT2D eigenvalue weighted by Gasteiger charge is -2.15. The summed E-state index contributed by atoms with van der Waals surface area (Å²) in [6.07, 6.45) is -2.77. The molecule has 0 saturated carbocycles. The summed E-state index contributed by atoms with van der Waals surface area (Å²) in [7, 11) is 4.90. The topological polar surface area (TPSA) is 202 Å². The summed E-state index contributed by atoms with van der Waals surface area (Å²) in [4.78, 5) is 52.4. The Hall–Kier alpha value is -4.66. The molecule has 236 valence electrons. The Bertz CT molecular complexity index is 1320. The minimum atomic E-state index is -0.697. The van der Waals surface area contributed by atoms with Crippen LogP contribution in [0.15, 0.2) is 58.5 Å². The van der Waals surface area contributed by atoms with Crippen LogP contribution in [-0.2, 0) is 18.9 Å². The van der Waals surface area contributed by atoms with Crippen LogP contribution in [0.5, 0.6) is 0 Å². The average molecular weight is 685 g/mol. The number of ether oxygens (including phenoxy) is 4. The highest BCUT2D eigenvalue weighted by Crippen LogP contribution is 2.28. The van der Waals surface area contributed by atoms with Gasteiger partial charge in [-0.05, 0) is 48.7 Å². The smallest absolute Gasteiger partial charge is 0.413 e. The van der Waals surface area contributed by atoms with Crippen molar-refractivity contribution in [3.05, 3.63) is 48.5 Å². The summed E-state index contributed by atoms with van der Waals surface area (Å²) in [5.74, 6) is 0. The first kappa shape index (κ1) is 37.4. The Morgan fingerprint density at radius 1 is 0.568 bits per heavy atom. The Balaban J connectivity index is 0.000000440. The molecule has 0 unspecified atom stereocenters. The van der Waals surface area contributed by atoms with Crippen molar-refractivity contribution in [3.63, 3.8) is 0 Å². The van der Waals surface area contributed by atoms with Gasteiger partial charge in [-0.3, -0.25) is 21.3 Å². The normalized spacial score (nSPS) is 10.4. The highest BCUT2D eigenvalue weighted by atomic mass is 32.1. The van der Waals surface area contributed by atoms with E-state index in [0.29, 0.717) is 22.7 Å². The monoisotopic (exact) mass is 684 g/mol. The van der Waals surface area contributed by atoms with Gasteiger partial charge >= 0.3 is 24.4 Å². The molecule has 0 heterocycles. The van der Waals surface area contributed by atoms with Crippen LogP contribution in [0.1, 0.15) is 0 Å². The maximum Gasteiger partial charge on any atom is 0.413 e. The quantitative estimate of drug-likeness (QED) is 0.0757. The van der Waals surface area contributed by atoms with E-state index in [4.69, 9.17) is 24.4 Å². The second-order valence-electron chi connectivity index (χ2n) is 7.28. The van der Waals surface area contributed by atoms with Gasteiger partial charge in [0.25, 0.3) is 0 Å². The number of benzene rings is 2. The third-order valence-corrected chi connectivity index (χ3v) is 5.19. The first-order chi connectivity index (χ1) is 20.9. The minimum Gasteiger partial charge on any atom is -0.453 e. The third kappa shape index (κ3) is 15.0. The van der Waals surface area contributed by atoms with Gasteiger partial charge in [-0.1, -0.05) is 24.3 Å². The Morgan fingerprint density at radius 2 is 0.864 bits per heavy atom. The van der Waals surface area contributed by atoms with E-state index in [0.717, 1.165) is 0 Å². The first-order valence-corrected chi connectivity index (χ1v) is 13.4. The van der Waals surface area contributed by atoms with Crippen molar-refractivity contribution < 1.29 is 38.1 Å². The van der Waals surface area contributed by atoms with Crippen LogP contribution < -0.4 is 31.9 Å². The van der Waals surface area contributed by atoms with E-state index in [2.05, 4.69) is 86.1 Å². The van der Waals surface area contributed by atoms with Gasteiger partial charge in [0.05, 0.1) is 51.2 Å². The molecule has 0 bridgehead atoms. The molecule has 2 rings (SSSR count). The summed E-state index contributed by atoms with van der Waals surface area (Å²) in [6.45, 7) is 0. The highest BCUT2D eigenvalue weighted by Gasteiger charge is 2.10. The van der Waals surface area contributed by atoms with Crippen LogP contribution in [0, 0.1) is 0 Å². The number of nitrogens with zero attached hydrogens (tertiary/aromatic N) is 2. The van der Waals surface area contributed by atoms with Crippen molar-refractivity contribution >= 4 is 117 Å². The zero-order valence-corrected chi connectivity index (χ0v) is 26.9. The number of rotatable bonds is 4. The van der Waals surface area contributed by atoms with E-state index >= 15 is 0 Å². The number of hydrogen-bond acceptors (Lipinski definition) is 12. The molecule has 44 heavy (non-hydrogen) atoms. The number of alkyl carbamates (subject to hydrolysis) is 4. The van der Waals surface area contributed by atoms with Crippen molar-refractivity contribution in [3.8, 4) is 0 Å². The Morgan fingerprint density at radius 3 is 1.18 bits per heavy atom. The van der Waals surface area contributed by atoms with Gasteiger partial charge in [-0.15, -0.1) is 25.3 Å². The van der Waals surface area contributed by atoms with Crippen LogP contribution in [0.2, 0.25) is 0 Å². The van der Waals surface area contributed by atoms with E-state index in [1.165, 1.54) is 28.4 Å². The van der Waals surface area contributed by atoms with E-state index < -0.39 is 24.4 Å². The lowest BCUT2D eigenvalue weighted by Crippen LogP contribution is -2.35. The lowest BCUT2D eigenvalue weighted by molar-refractivity contribution is 0.176. The number of methoxy groups -OCH3 is 4. The predicted molar refractivity (Wildman–Crippen MR) is 180 cm³/mol. The number of aliphatic imine (C=N–C) groups is 2. The number of thiocarbonyl (C=S) groups is 2. The molecule has 0 saturated heterocycles. The fraction of sp³-hybridized carbons (Fsp3) is 0.167. The molecular weight excluding hydrogens is 657 g/mol. The highest BCUT2D eigenvalue weighted by molar-refractivity contribution is 7.97. The standard InChI is InChI=1S/2C12H14N4O4S2/c2*1-19-11(17)15-9(21)13-7-5-3-4-6-8(7)14-10(22)16-12(18)20-2/h2*3-6H,1-2H3,(H2,13,15,17,21)(H2,14,16,18,22). The molecule has 0 atom stereocenters. The molecule has 4 amide bonds. The van der Waals surface area contributed by atoms with Gasteiger partial charge in [-0.25, -0.2) is 29.2 Å². The summed E-state index contributed by atoms with van der Waals surface area (Å²) in [6, 6.07) is 13.7. The second kappa shape index (κ2) is 20.3. The summed E-state index contributed by atoms with van der Waals surface area (Å²) < 4.78 is 17.7. The molecule has 20 heteroatoms. The molecule has 0 aliphatic carbocycles. The van der Waals surface area contributed by atoms with E-state index in [1.807, 2.05) is 0 Å². The van der Waals surface area contributed by atoms with Crippen LogP contribution in [-0.4, -0.2) is 73.4 Å². The van der Waals surface area contributed by atoms with E-state index in [1.54, 1.807) is 48.5 Å². The van der Waals surface area contributed by atoms with Gasteiger partial charge in [-0.2, -0.15) is 0 Å². The lowest BCUT2D eigenvalue weighted by atomic mass is 10.2. The molecule has 2 aromatic rings. The van der Waals surface area contributed by atoms with Gasteiger partial charge in [0.15, 0.2) is 20.6 Å². The van der Waals surface area contributed by atoms with Crippen LogP contribution in [0.4, 0.5) is 41.9 Å². The fourth-order valence-corrected chi connectivity index (χ4v) is 3.30. The zero-order chi connectivity index (χ0) is 33.1. The molecule has 6 N–H and O–H groups in total. The van der Waals surface area contributed by atoms with Crippen LogP contribution >= 0.6 is 49.7 Å². The van der Waals surface area contributed by atoms with E-state index in [-0.39, 0.29) is 20.6 Å². The van der Waals surface area contributed by atoms with Crippen LogP contribution in [0.25, 0.3) is 0 Å². The zero-order valence-electron chi connectivity index (χ0n) is 23.5. The van der Waals surface area contributed by atoms with Crippen molar-refractivity contribution in [2.24, 2.45) is 9.98 Å². The summed E-state index contributed by atoms with van der Waals surface area (Å²) in [5.41, 5.74) is 1.89. The predicted octanol–water partition coefficient (Wildman–Crippen LogP) is 4.03. The third-order valence-electron chi connectivity index (χ3n) is 4.36. The number of amidine groups is 2. The number of para-hydroxylation sites is 4. The van der Waals surface area contributed by atoms with Gasteiger partial charge in [0.2, 0.25) is 0 Å². The van der Waals surface area contributed by atoms with Crippen molar-refractivity contribution in [1.82, 2.24) is 21.3 Å². The number of anilines is 2. The SMILES string of the molecule is COC(=O)NC(=S)Nc1ccccc1NC(=S)NC(=O)OC.COC(=O)NC(S)=Nc1ccccc1N=C(S)NC(=O)OC. The molecule has 0 aromatic heterocycles. The Labute approximate surface area is 273 Å². The molecule has 16 nitrogen and oxygen atoms in total. The largest absolute Gasteiger partial charge is 0.453 e. The molecular formula is C24H28N8O8S4. The number of thiol groups is 2. The number of nitrogens with one attached hydrogen (secondary N) is 6. The van der Waals surface area contributed by atoms with Crippen LogP contribution in [0.3, 0.4) is 0 Å². The number of carbonyl (C=O) groups is 4. The van der Waals surface area contributed by atoms with Gasteiger partial charge in [0.1, 0.15) is 0 Å². The molecule has 0 aliphatic rings. The molecule has 0 spiro atoms. The van der Waals surface area contributed by atoms with Crippen molar-refractivity contribution in [2.45, 2.75) is 0 Å². The maximum absolute atomic E-state index is 11.1. The first-order valence-electron chi connectivity index (χ1n) is 11.7. The number of amides is 4.